The summed E-state index contributed by atoms with van der Waals surface area (Å²) >= 11 is 1.89. The zero-order valence-corrected chi connectivity index (χ0v) is 15.8. The van der Waals surface area contributed by atoms with Gasteiger partial charge in [-0.15, -0.1) is 11.3 Å². The number of nitrogens with zero attached hydrogens (tertiary/aromatic N) is 1. The standard InChI is InChI=1S/C19H29N3OS/c1-12(11-14-6-5-13(2)24-14)21-18(20-3)22-16-15-7-10-23-17(15)19(16)8-4-9-19/h5-6,12,15-17H,4,7-11H2,1-3H3,(H2,20,21,22). The van der Waals surface area contributed by atoms with Crippen molar-refractivity contribution >= 4 is 17.3 Å². The van der Waals surface area contributed by atoms with Crippen molar-refractivity contribution in [3.05, 3.63) is 21.9 Å². The predicted molar refractivity (Wildman–Crippen MR) is 99.8 cm³/mol. The van der Waals surface area contributed by atoms with E-state index in [0.717, 1.165) is 19.0 Å². The van der Waals surface area contributed by atoms with Crippen LogP contribution in [0.25, 0.3) is 0 Å². The average Bonchev–Trinajstić information content (AvgIpc) is 3.09. The lowest BCUT2D eigenvalue weighted by Gasteiger charge is -2.63. The Hall–Kier alpha value is -1.07. The number of ether oxygens (including phenoxy) is 1. The first-order valence-corrected chi connectivity index (χ1v) is 10.1. The van der Waals surface area contributed by atoms with E-state index in [9.17, 15) is 0 Å². The molecule has 2 heterocycles. The van der Waals surface area contributed by atoms with Crippen LogP contribution in [-0.4, -0.2) is 37.8 Å². The Morgan fingerprint density at radius 3 is 2.92 bits per heavy atom. The van der Waals surface area contributed by atoms with Gasteiger partial charge in [0.2, 0.25) is 0 Å². The van der Waals surface area contributed by atoms with Crippen molar-refractivity contribution in [2.24, 2.45) is 16.3 Å². The molecule has 4 rings (SSSR count). The third-order valence-electron chi connectivity index (χ3n) is 6.24. The van der Waals surface area contributed by atoms with Crippen LogP contribution in [0.2, 0.25) is 0 Å². The van der Waals surface area contributed by atoms with Gasteiger partial charge in [-0.1, -0.05) is 6.42 Å². The molecule has 132 valence electrons. The number of fused-ring (bicyclic) bond motifs is 2. The molecule has 3 fully saturated rings. The molecule has 4 atom stereocenters. The summed E-state index contributed by atoms with van der Waals surface area (Å²) in [6.45, 7) is 5.35. The number of guanidine groups is 1. The minimum atomic E-state index is 0.377. The summed E-state index contributed by atoms with van der Waals surface area (Å²) in [4.78, 5) is 7.31. The van der Waals surface area contributed by atoms with Gasteiger partial charge in [-0.2, -0.15) is 0 Å². The van der Waals surface area contributed by atoms with Gasteiger partial charge in [-0.25, -0.2) is 0 Å². The highest BCUT2D eigenvalue weighted by atomic mass is 32.1. The Bertz CT molecular complexity index is 622. The smallest absolute Gasteiger partial charge is 0.191 e. The van der Waals surface area contributed by atoms with Crippen molar-refractivity contribution in [2.75, 3.05) is 13.7 Å². The maximum absolute atomic E-state index is 6.02. The van der Waals surface area contributed by atoms with Crippen LogP contribution < -0.4 is 10.6 Å². The molecular weight excluding hydrogens is 318 g/mol. The topological polar surface area (TPSA) is 45.7 Å². The van der Waals surface area contributed by atoms with Crippen LogP contribution in [0, 0.1) is 18.3 Å². The minimum Gasteiger partial charge on any atom is -0.377 e. The summed E-state index contributed by atoms with van der Waals surface area (Å²) in [6.07, 6.45) is 6.73. The summed E-state index contributed by atoms with van der Waals surface area (Å²) in [7, 11) is 1.88. The SMILES string of the molecule is CN=C(NC(C)Cc1ccc(C)s1)NC1C2CCOC2C12CCC2. The van der Waals surface area contributed by atoms with E-state index in [1.807, 2.05) is 18.4 Å². The number of thiophene rings is 1. The monoisotopic (exact) mass is 347 g/mol. The van der Waals surface area contributed by atoms with Crippen molar-refractivity contribution in [1.82, 2.24) is 10.6 Å². The molecule has 0 radical (unpaired) electrons. The number of hydrogen-bond acceptors (Lipinski definition) is 3. The molecule has 3 aliphatic rings. The molecule has 1 spiro atoms. The lowest BCUT2D eigenvalue weighted by molar-refractivity contribution is -0.171. The van der Waals surface area contributed by atoms with Gasteiger partial charge in [-0.05, 0) is 45.2 Å². The fourth-order valence-electron chi connectivity index (χ4n) is 4.96. The van der Waals surface area contributed by atoms with Gasteiger partial charge < -0.3 is 15.4 Å². The second-order valence-corrected chi connectivity index (χ2v) is 9.16. The van der Waals surface area contributed by atoms with E-state index in [0.29, 0.717) is 29.5 Å². The molecule has 2 aliphatic carbocycles. The summed E-state index contributed by atoms with van der Waals surface area (Å²) in [6, 6.07) is 5.36. The zero-order chi connectivity index (χ0) is 16.7. The maximum atomic E-state index is 6.02. The molecule has 5 heteroatoms. The quantitative estimate of drug-likeness (QED) is 0.650. The van der Waals surface area contributed by atoms with Crippen LogP contribution >= 0.6 is 11.3 Å². The van der Waals surface area contributed by atoms with Gasteiger partial charge in [0.15, 0.2) is 5.96 Å². The van der Waals surface area contributed by atoms with E-state index in [-0.39, 0.29) is 0 Å². The second-order valence-electron chi connectivity index (χ2n) is 7.79. The van der Waals surface area contributed by atoms with Gasteiger partial charge in [0.1, 0.15) is 0 Å². The summed E-state index contributed by atoms with van der Waals surface area (Å²) in [5, 5.41) is 7.35. The van der Waals surface area contributed by atoms with Crippen molar-refractivity contribution in [1.29, 1.82) is 0 Å². The summed E-state index contributed by atoms with van der Waals surface area (Å²) in [5.74, 6) is 1.64. The van der Waals surface area contributed by atoms with Gasteiger partial charge in [0.25, 0.3) is 0 Å². The van der Waals surface area contributed by atoms with Crippen molar-refractivity contribution < 1.29 is 4.74 Å². The largest absolute Gasteiger partial charge is 0.377 e. The van der Waals surface area contributed by atoms with Crippen LogP contribution in [0.5, 0.6) is 0 Å². The minimum absolute atomic E-state index is 0.377. The van der Waals surface area contributed by atoms with Gasteiger partial charge >= 0.3 is 0 Å². The highest BCUT2D eigenvalue weighted by Crippen LogP contribution is 2.62. The van der Waals surface area contributed by atoms with Crippen LogP contribution in [0.15, 0.2) is 17.1 Å². The van der Waals surface area contributed by atoms with Crippen LogP contribution in [0.4, 0.5) is 0 Å². The number of nitrogens with one attached hydrogen (secondary N) is 2. The second kappa shape index (κ2) is 6.34. The molecule has 1 saturated heterocycles. The van der Waals surface area contributed by atoms with E-state index in [2.05, 4.69) is 41.6 Å². The Balaban J connectivity index is 1.36. The molecule has 4 unspecified atom stereocenters. The van der Waals surface area contributed by atoms with E-state index in [1.54, 1.807) is 0 Å². The molecule has 4 nitrogen and oxygen atoms in total. The third kappa shape index (κ3) is 2.66. The van der Waals surface area contributed by atoms with Gasteiger partial charge in [0.05, 0.1) is 6.10 Å². The highest BCUT2D eigenvalue weighted by molar-refractivity contribution is 7.11. The average molecular weight is 348 g/mol. The van der Waals surface area contributed by atoms with Crippen molar-refractivity contribution in [2.45, 2.75) is 64.1 Å². The molecule has 0 amide bonds. The summed E-state index contributed by atoms with van der Waals surface area (Å²) < 4.78 is 6.02. The Morgan fingerprint density at radius 1 is 1.46 bits per heavy atom. The van der Waals surface area contributed by atoms with Crippen LogP contribution in [0.3, 0.4) is 0 Å². The molecule has 1 aromatic heterocycles. The van der Waals surface area contributed by atoms with E-state index in [4.69, 9.17) is 4.74 Å². The molecule has 0 aromatic carbocycles. The molecule has 24 heavy (non-hydrogen) atoms. The first-order valence-electron chi connectivity index (χ1n) is 9.29. The first-order chi connectivity index (χ1) is 11.6. The Morgan fingerprint density at radius 2 is 2.29 bits per heavy atom. The molecule has 1 aliphatic heterocycles. The lowest BCUT2D eigenvalue weighted by atomic mass is 9.46. The number of aliphatic imine (C=N–C) groups is 1. The lowest BCUT2D eigenvalue weighted by Crippen LogP contribution is -2.72. The number of hydrogen-bond donors (Lipinski definition) is 2. The van der Waals surface area contributed by atoms with Crippen molar-refractivity contribution in [3.8, 4) is 0 Å². The number of aryl methyl sites for hydroxylation is 1. The molecule has 2 N–H and O–H groups in total. The van der Waals surface area contributed by atoms with Gasteiger partial charge in [0, 0.05) is 53.2 Å². The fraction of sp³-hybridized carbons (Fsp3) is 0.737. The molecule has 2 saturated carbocycles. The Labute approximate surface area is 149 Å². The van der Waals surface area contributed by atoms with Gasteiger partial charge in [-0.3, -0.25) is 4.99 Å². The maximum Gasteiger partial charge on any atom is 0.191 e. The van der Waals surface area contributed by atoms with Crippen LogP contribution in [-0.2, 0) is 11.2 Å². The Kier molecular flexibility index (Phi) is 4.33. The highest BCUT2D eigenvalue weighted by Gasteiger charge is 2.66. The molecule has 0 bridgehead atoms. The van der Waals surface area contributed by atoms with E-state index >= 15 is 0 Å². The molecule has 1 aromatic rings. The van der Waals surface area contributed by atoms with Crippen molar-refractivity contribution in [3.63, 3.8) is 0 Å². The molecular formula is C19H29N3OS. The normalized spacial score (nSPS) is 32.0. The summed E-state index contributed by atoms with van der Waals surface area (Å²) in [5.41, 5.74) is 0.396. The zero-order valence-electron chi connectivity index (χ0n) is 15.0. The third-order valence-corrected chi connectivity index (χ3v) is 7.26. The van der Waals surface area contributed by atoms with E-state index < -0.39 is 0 Å². The number of rotatable bonds is 4. The fourth-order valence-corrected chi connectivity index (χ4v) is 5.97. The first kappa shape index (κ1) is 16.4. The van der Waals surface area contributed by atoms with E-state index in [1.165, 1.54) is 35.4 Å². The predicted octanol–water partition coefficient (Wildman–Crippen LogP) is 3.11. The van der Waals surface area contributed by atoms with Crippen LogP contribution in [0.1, 0.15) is 42.4 Å².